The molecule has 1 N–H and O–H groups in total. The first-order valence-electron chi connectivity index (χ1n) is 12.9. The van der Waals surface area contributed by atoms with E-state index in [4.69, 9.17) is 4.74 Å². The molecule has 1 spiro atoms. The van der Waals surface area contributed by atoms with Crippen LogP contribution in [0.4, 0.5) is 5.69 Å². The molecule has 8 nitrogen and oxygen atoms in total. The van der Waals surface area contributed by atoms with E-state index in [0.717, 1.165) is 6.42 Å². The van der Waals surface area contributed by atoms with Crippen LogP contribution in [0, 0.1) is 17.8 Å². The van der Waals surface area contributed by atoms with Gasteiger partial charge in [-0.2, -0.15) is 0 Å². The average molecular weight is 526 g/mol. The topological polar surface area (TPSA) is 90.4 Å². The van der Waals surface area contributed by atoms with Crippen molar-refractivity contribution in [1.29, 1.82) is 0 Å². The van der Waals surface area contributed by atoms with Crippen LogP contribution >= 0.6 is 11.8 Å². The third-order valence-corrected chi connectivity index (χ3v) is 10.3. The molecule has 1 aromatic rings. The van der Waals surface area contributed by atoms with Crippen LogP contribution < -0.4 is 9.64 Å². The number of hydrogen-bond donors (Lipinski definition) is 1. The summed E-state index contributed by atoms with van der Waals surface area (Å²) in [5, 5.41) is 10.3. The highest BCUT2D eigenvalue weighted by Crippen LogP contribution is 2.61. The van der Waals surface area contributed by atoms with Crippen molar-refractivity contribution in [3.8, 4) is 5.75 Å². The highest BCUT2D eigenvalue weighted by Gasteiger charge is 2.71. The molecule has 0 aliphatic carbocycles. The molecule has 3 amide bonds. The van der Waals surface area contributed by atoms with E-state index in [1.54, 1.807) is 40.6 Å². The molecular formula is C28H35N3O5S. The summed E-state index contributed by atoms with van der Waals surface area (Å²) in [6.45, 7) is 4.62. The van der Waals surface area contributed by atoms with E-state index in [1.807, 2.05) is 62.4 Å². The number of likely N-dealkylation sites (tertiary alicyclic amines) is 1. The summed E-state index contributed by atoms with van der Waals surface area (Å²) in [4.78, 5) is 47.4. The van der Waals surface area contributed by atoms with E-state index in [-0.39, 0.29) is 35.5 Å². The number of fused-ring (bicyclic) bond motifs is 2. The smallest absolute Gasteiger partial charge is 0.251 e. The van der Waals surface area contributed by atoms with E-state index in [0.29, 0.717) is 24.5 Å². The minimum absolute atomic E-state index is 0.0208. The van der Waals surface area contributed by atoms with E-state index in [1.165, 1.54) is 0 Å². The average Bonchev–Trinajstić information content (AvgIpc) is 3.23. The highest BCUT2D eigenvalue weighted by molar-refractivity contribution is 8.02. The van der Waals surface area contributed by atoms with Gasteiger partial charge in [-0.1, -0.05) is 44.6 Å². The van der Waals surface area contributed by atoms with Crippen molar-refractivity contribution in [2.45, 2.75) is 42.3 Å². The summed E-state index contributed by atoms with van der Waals surface area (Å²) in [6, 6.07) is 5.94. The predicted molar refractivity (Wildman–Crippen MR) is 143 cm³/mol. The van der Waals surface area contributed by atoms with Crippen LogP contribution in [0.1, 0.15) is 20.3 Å². The lowest BCUT2D eigenvalue weighted by atomic mass is 9.78. The Morgan fingerprint density at radius 1 is 1.11 bits per heavy atom. The third kappa shape index (κ3) is 3.89. The molecule has 5 rings (SSSR count). The number of likely N-dealkylation sites (N-methyl/N-ethyl adjacent to an activating group) is 1. The number of aliphatic hydroxyl groups is 1. The van der Waals surface area contributed by atoms with Gasteiger partial charge >= 0.3 is 0 Å². The lowest BCUT2D eigenvalue weighted by molar-refractivity contribution is -0.145. The molecule has 0 radical (unpaired) electrons. The molecule has 2 saturated heterocycles. The Morgan fingerprint density at radius 3 is 2.49 bits per heavy atom. The molecule has 1 unspecified atom stereocenters. The minimum atomic E-state index is -0.899. The van der Waals surface area contributed by atoms with Gasteiger partial charge in [-0.15, -0.1) is 11.8 Å². The Labute approximate surface area is 222 Å². The SMILES string of the molecule is CC[C@H](C)[C@H](CO)N1C(=O)[C@@H]2[C@H]3C(=O)N(C)CC=C[C@H]3S[C@@]23C=CCN(c2ccc(OC)cc2)C(=O)C13. The Balaban J connectivity index is 1.65. The number of anilines is 1. The molecular weight excluding hydrogens is 490 g/mol. The standard InChI is InChI=1S/C28H35N3O5S/c1-5-17(2)20(16-32)31-24-27(35)30(18-9-11-19(36-4)12-10-18)15-7-13-28(24)23(26(31)34)22-21(37-28)8-6-14-29(3)25(22)33/h6-13,17,20-24,32H,5,14-16H2,1-4H3/t17-,20-,21+,22-,23-,24?,28-/m0/s1. The van der Waals surface area contributed by atoms with Crippen molar-refractivity contribution in [3.05, 3.63) is 48.6 Å². The second-order valence-electron chi connectivity index (χ2n) is 10.4. The van der Waals surface area contributed by atoms with Gasteiger partial charge in [0.1, 0.15) is 11.8 Å². The second kappa shape index (κ2) is 9.83. The Morgan fingerprint density at radius 2 is 1.84 bits per heavy atom. The van der Waals surface area contributed by atoms with Gasteiger partial charge in [0.25, 0.3) is 5.91 Å². The zero-order chi connectivity index (χ0) is 26.5. The zero-order valence-corrected chi connectivity index (χ0v) is 22.6. The number of ether oxygens (including phenoxy) is 1. The summed E-state index contributed by atoms with van der Waals surface area (Å²) in [5.41, 5.74) is 0.709. The number of methoxy groups -OCH3 is 1. The fourth-order valence-corrected chi connectivity index (χ4v) is 8.36. The van der Waals surface area contributed by atoms with Crippen molar-refractivity contribution in [3.63, 3.8) is 0 Å². The Bertz CT molecular complexity index is 1140. The number of nitrogens with zero attached hydrogens (tertiary/aromatic N) is 3. The molecule has 4 heterocycles. The number of hydrogen-bond acceptors (Lipinski definition) is 6. The normalized spacial score (nSPS) is 32.6. The quantitative estimate of drug-likeness (QED) is 0.574. The van der Waals surface area contributed by atoms with Crippen LogP contribution in [0.25, 0.3) is 0 Å². The molecule has 0 aromatic heterocycles. The molecule has 4 aliphatic heterocycles. The van der Waals surface area contributed by atoms with Crippen LogP contribution in [0.5, 0.6) is 5.75 Å². The Hall–Kier alpha value is -2.78. The van der Waals surface area contributed by atoms with Gasteiger partial charge in [-0.25, -0.2) is 0 Å². The highest BCUT2D eigenvalue weighted by atomic mass is 32.2. The summed E-state index contributed by atoms with van der Waals surface area (Å²) < 4.78 is 4.39. The maximum atomic E-state index is 14.5. The molecule has 37 heavy (non-hydrogen) atoms. The van der Waals surface area contributed by atoms with Gasteiger partial charge in [0.05, 0.1) is 36.3 Å². The van der Waals surface area contributed by atoms with Crippen molar-refractivity contribution < 1.29 is 24.2 Å². The molecule has 9 heteroatoms. The van der Waals surface area contributed by atoms with E-state index >= 15 is 0 Å². The van der Waals surface area contributed by atoms with Gasteiger partial charge in [-0.05, 0) is 30.2 Å². The fraction of sp³-hybridized carbons (Fsp3) is 0.536. The van der Waals surface area contributed by atoms with Crippen molar-refractivity contribution in [2.24, 2.45) is 17.8 Å². The first-order chi connectivity index (χ1) is 17.8. The third-order valence-electron chi connectivity index (χ3n) is 8.53. The minimum Gasteiger partial charge on any atom is -0.497 e. The van der Waals surface area contributed by atoms with Gasteiger partial charge < -0.3 is 24.5 Å². The molecule has 2 fully saturated rings. The molecule has 0 saturated carbocycles. The molecule has 7 atom stereocenters. The van der Waals surface area contributed by atoms with Crippen molar-refractivity contribution in [1.82, 2.24) is 9.80 Å². The van der Waals surface area contributed by atoms with Gasteiger partial charge in [-0.3, -0.25) is 14.4 Å². The van der Waals surface area contributed by atoms with Gasteiger partial charge in [0.2, 0.25) is 11.8 Å². The van der Waals surface area contributed by atoms with Crippen LogP contribution in [0.15, 0.2) is 48.6 Å². The maximum absolute atomic E-state index is 14.5. The van der Waals surface area contributed by atoms with Crippen molar-refractivity contribution >= 4 is 35.2 Å². The number of amides is 3. The van der Waals surface area contributed by atoms with Gasteiger partial charge in [0.15, 0.2) is 0 Å². The number of thioether (sulfide) groups is 1. The predicted octanol–water partition coefficient (Wildman–Crippen LogP) is 2.33. The summed E-state index contributed by atoms with van der Waals surface area (Å²) in [5.74, 6) is -1.05. The van der Waals surface area contributed by atoms with Crippen LogP contribution in [-0.2, 0) is 14.4 Å². The second-order valence-corrected chi connectivity index (χ2v) is 11.9. The van der Waals surface area contributed by atoms with E-state index in [9.17, 15) is 19.5 Å². The van der Waals surface area contributed by atoms with Crippen LogP contribution in [-0.4, -0.2) is 88.6 Å². The number of carbonyl (C=O) groups is 3. The van der Waals surface area contributed by atoms with Crippen molar-refractivity contribution in [2.75, 3.05) is 38.8 Å². The van der Waals surface area contributed by atoms with E-state index in [2.05, 4.69) is 0 Å². The van der Waals surface area contributed by atoms with Crippen LogP contribution in [0.3, 0.4) is 0 Å². The monoisotopic (exact) mass is 525 g/mol. The molecule has 1 aromatic carbocycles. The summed E-state index contributed by atoms with van der Waals surface area (Å²) >= 11 is 1.56. The number of benzene rings is 1. The molecule has 198 valence electrons. The zero-order valence-electron chi connectivity index (χ0n) is 21.7. The summed E-state index contributed by atoms with van der Waals surface area (Å²) in [6.07, 6.45) is 8.72. The first-order valence-corrected chi connectivity index (χ1v) is 13.8. The largest absolute Gasteiger partial charge is 0.497 e. The number of carbonyl (C=O) groups excluding carboxylic acids is 3. The summed E-state index contributed by atoms with van der Waals surface area (Å²) in [7, 11) is 3.35. The lowest BCUT2D eigenvalue weighted by Crippen LogP contribution is -2.58. The maximum Gasteiger partial charge on any atom is 0.251 e. The number of aliphatic hydroxyl groups excluding tert-OH is 1. The lowest BCUT2D eigenvalue weighted by Gasteiger charge is -2.40. The Kier molecular flexibility index (Phi) is 6.87. The van der Waals surface area contributed by atoms with Crippen LogP contribution in [0.2, 0.25) is 0 Å². The molecule has 4 aliphatic rings. The molecule has 0 bridgehead atoms. The van der Waals surface area contributed by atoms with E-state index < -0.39 is 28.7 Å². The fourth-order valence-electron chi connectivity index (χ4n) is 6.37. The van der Waals surface area contributed by atoms with Gasteiger partial charge in [0, 0.05) is 31.1 Å². The number of rotatable bonds is 6. The first kappa shape index (κ1) is 25.9.